The van der Waals surface area contributed by atoms with E-state index in [4.69, 9.17) is 13.9 Å². The molecule has 0 atom stereocenters. The largest absolute Gasteiger partial charge is 0.493 e. The van der Waals surface area contributed by atoms with Crippen LogP contribution in [-0.4, -0.2) is 42.6 Å². The fourth-order valence-electron chi connectivity index (χ4n) is 2.75. The number of nitrogens with zero attached hydrogens (tertiary/aromatic N) is 2. The smallest absolute Gasteiger partial charge is 0.277 e. The van der Waals surface area contributed by atoms with E-state index in [9.17, 15) is 4.79 Å². The number of methoxy groups -OCH3 is 2. The van der Waals surface area contributed by atoms with Crippen molar-refractivity contribution in [2.45, 2.75) is 18.6 Å². The van der Waals surface area contributed by atoms with Gasteiger partial charge in [0.2, 0.25) is 11.8 Å². The number of benzene rings is 2. The third kappa shape index (κ3) is 5.51. The zero-order valence-electron chi connectivity index (χ0n) is 16.6. The average Bonchev–Trinajstić information content (AvgIpc) is 3.21. The van der Waals surface area contributed by atoms with Crippen molar-refractivity contribution in [3.63, 3.8) is 0 Å². The van der Waals surface area contributed by atoms with Gasteiger partial charge in [-0.05, 0) is 42.7 Å². The Kier molecular flexibility index (Phi) is 7.13. The number of carbonyl (C=O) groups is 1. The number of ether oxygens (including phenoxy) is 2. The molecule has 1 aromatic heterocycles. The lowest BCUT2D eigenvalue weighted by Gasteiger charge is -2.10. The highest BCUT2D eigenvalue weighted by atomic mass is 32.2. The molecule has 0 aliphatic carbocycles. The molecule has 3 rings (SSSR count). The molecule has 0 aliphatic heterocycles. The highest BCUT2D eigenvalue weighted by molar-refractivity contribution is 7.99. The summed E-state index contributed by atoms with van der Waals surface area (Å²) in [4.78, 5) is 12.1. The third-order valence-corrected chi connectivity index (χ3v) is 5.11. The molecular formula is C21H23N3O4S. The number of aryl methyl sites for hydroxylation is 1. The van der Waals surface area contributed by atoms with Crippen LogP contribution >= 0.6 is 11.8 Å². The Morgan fingerprint density at radius 3 is 2.66 bits per heavy atom. The van der Waals surface area contributed by atoms with Gasteiger partial charge in [-0.15, -0.1) is 10.2 Å². The van der Waals surface area contributed by atoms with E-state index in [1.165, 1.54) is 11.8 Å². The lowest BCUT2D eigenvalue weighted by Crippen LogP contribution is -2.27. The van der Waals surface area contributed by atoms with Gasteiger partial charge in [0, 0.05) is 12.1 Å². The molecule has 7 nitrogen and oxygen atoms in total. The van der Waals surface area contributed by atoms with E-state index in [0.717, 1.165) is 16.7 Å². The maximum absolute atomic E-state index is 12.1. The van der Waals surface area contributed by atoms with Crippen LogP contribution < -0.4 is 14.8 Å². The minimum atomic E-state index is -0.0916. The normalized spacial score (nSPS) is 10.6. The fourth-order valence-corrected chi connectivity index (χ4v) is 3.34. The van der Waals surface area contributed by atoms with Gasteiger partial charge in [0.25, 0.3) is 5.22 Å². The molecule has 0 aliphatic rings. The molecule has 0 bridgehead atoms. The molecule has 0 spiro atoms. The summed E-state index contributed by atoms with van der Waals surface area (Å²) in [6.07, 6.45) is 0.689. The van der Waals surface area contributed by atoms with Gasteiger partial charge < -0.3 is 19.2 Å². The number of hydrogen-bond donors (Lipinski definition) is 1. The Morgan fingerprint density at radius 2 is 1.90 bits per heavy atom. The summed E-state index contributed by atoms with van der Waals surface area (Å²) in [5.74, 6) is 1.93. The fraction of sp³-hybridized carbons (Fsp3) is 0.286. The minimum Gasteiger partial charge on any atom is -0.493 e. The second kappa shape index (κ2) is 9.97. The quantitative estimate of drug-likeness (QED) is 0.537. The first-order valence-corrected chi connectivity index (χ1v) is 10.1. The molecule has 0 saturated carbocycles. The van der Waals surface area contributed by atoms with Crippen LogP contribution in [-0.2, 0) is 11.2 Å². The minimum absolute atomic E-state index is 0.0916. The van der Waals surface area contributed by atoms with E-state index in [-0.39, 0.29) is 11.7 Å². The van der Waals surface area contributed by atoms with Crippen LogP contribution in [0.15, 0.2) is 52.1 Å². The molecule has 29 heavy (non-hydrogen) atoms. The van der Waals surface area contributed by atoms with E-state index < -0.39 is 0 Å². The summed E-state index contributed by atoms with van der Waals surface area (Å²) in [7, 11) is 3.20. The summed E-state index contributed by atoms with van der Waals surface area (Å²) >= 11 is 1.22. The third-order valence-electron chi connectivity index (χ3n) is 4.29. The lowest BCUT2D eigenvalue weighted by atomic mass is 10.1. The van der Waals surface area contributed by atoms with Crippen LogP contribution in [0.25, 0.3) is 11.5 Å². The first kappa shape index (κ1) is 20.7. The Balaban J connectivity index is 1.46. The SMILES string of the molecule is COc1ccc(CCNC(=O)CSc2nnc(-c3ccccc3C)o2)cc1OC. The molecule has 1 heterocycles. The van der Waals surface area contributed by atoms with Crippen molar-refractivity contribution in [3.8, 4) is 23.0 Å². The second-order valence-electron chi connectivity index (χ2n) is 6.27. The van der Waals surface area contributed by atoms with E-state index in [2.05, 4.69) is 15.5 Å². The van der Waals surface area contributed by atoms with E-state index >= 15 is 0 Å². The highest BCUT2D eigenvalue weighted by Crippen LogP contribution is 2.28. The monoisotopic (exact) mass is 413 g/mol. The standard InChI is InChI=1S/C21H23N3O4S/c1-14-6-4-5-7-16(14)20-23-24-21(28-20)29-13-19(25)22-11-10-15-8-9-17(26-2)18(12-15)27-3/h4-9,12H,10-11,13H2,1-3H3,(H,22,25). The number of carbonyl (C=O) groups excluding carboxylic acids is 1. The summed E-state index contributed by atoms with van der Waals surface area (Å²) in [5, 5.41) is 11.3. The maximum atomic E-state index is 12.1. The van der Waals surface area contributed by atoms with Crippen LogP contribution in [0.5, 0.6) is 11.5 Å². The van der Waals surface area contributed by atoms with Crippen molar-refractivity contribution in [2.75, 3.05) is 26.5 Å². The zero-order valence-corrected chi connectivity index (χ0v) is 17.4. The van der Waals surface area contributed by atoms with Gasteiger partial charge in [-0.3, -0.25) is 4.79 Å². The van der Waals surface area contributed by atoms with Crippen LogP contribution in [0.1, 0.15) is 11.1 Å². The first-order chi connectivity index (χ1) is 14.1. The average molecular weight is 413 g/mol. The molecule has 2 aromatic carbocycles. The lowest BCUT2D eigenvalue weighted by molar-refractivity contribution is -0.118. The molecule has 0 radical (unpaired) electrons. The number of hydrogen-bond acceptors (Lipinski definition) is 7. The van der Waals surface area contributed by atoms with Crippen LogP contribution in [0.2, 0.25) is 0 Å². The molecule has 3 aromatic rings. The molecule has 0 unspecified atom stereocenters. The van der Waals surface area contributed by atoms with Gasteiger partial charge in [0.05, 0.1) is 20.0 Å². The summed E-state index contributed by atoms with van der Waals surface area (Å²) < 4.78 is 16.2. The van der Waals surface area contributed by atoms with Crippen molar-refractivity contribution in [1.29, 1.82) is 0 Å². The van der Waals surface area contributed by atoms with Crippen LogP contribution in [0.3, 0.4) is 0 Å². The van der Waals surface area contributed by atoms with Gasteiger partial charge in [-0.1, -0.05) is 36.0 Å². The van der Waals surface area contributed by atoms with Crippen molar-refractivity contribution in [2.24, 2.45) is 0 Å². The number of nitrogens with one attached hydrogen (secondary N) is 1. The predicted molar refractivity (Wildman–Crippen MR) is 111 cm³/mol. The van der Waals surface area contributed by atoms with E-state index in [1.54, 1.807) is 14.2 Å². The van der Waals surface area contributed by atoms with Crippen molar-refractivity contribution in [3.05, 3.63) is 53.6 Å². The molecule has 152 valence electrons. The van der Waals surface area contributed by atoms with Crippen LogP contribution in [0, 0.1) is 6.92 Å². The van der Waals surface area contributed by atoms with Crippen molar-refractivity contribution >= 4 is 17.7 Å². The molecule has 1 N–H and O–H groups in total. The molecule has 1 amide bonds. The zero-order chi connectivity index (χ0) is 20.6. The summed E-state index contributed by atoms with van der Waals surface area (Å²) in [5.41, 5.74) is 3.00. The number of aromatic nitrogens is 2. The van der Waals surface area contributed by atoms with Gasteiger partial charge >= 0.3 is 0 Å². The maximum Gasteiger partial charge on any atom is 0.277 e. The number of rotatable bonds is 9. The molecule has 8 heteroatoms. The Labute approximate surface area is 173 Å². The van der Waals surface area contributed by atoms with Crippen molar-refractivity contribution < 1.29 is 18.7 Å². The Morgan fingerprint density at radius 1 is 1.10 bits per heavy atom. The molecule has 0 fully saturated rings. The second-order valence-corrected chi connectivity index (χ2v) is 7.19. The Hall–Kier alpha value is -3.00. The predicted octanol–water partition coefficient (Wildman–Crippen LogP) is 3.51. The van der Waals surface area contributed by atoms with Gasteiger partial charge in [0.15, 0.2) is 11.5 Å². The topological polar surface area (TPSA) is 86.5 Å². The van der Waals surface area contributed by atoms with Crippen LogP contribution in [0.4, 0.5) is 0 Å². The first-order valence-electron chi connectivity index (χ1n) is 9.10. The molecular weight excluding hydrogens is 390 g/mol. The molecule has 0 saturated heterocycles. The van der Waals surface area contributed by atoms with E-state index in [1.807, 2.05) is 49.4 Å². The van der Waals surface area contributed by atoms with Gasteiger partial charge in [-0.2, -0.15) is 0 Å². The number of thioether (sulfide) groups is 1. The van der Waals surface area contributed by atoms with Gasteiger partial charge in [-0.25, -0.2) is 0 Å². The van der Waals surface area contributed by atoms with Crippen molar-refractivity contribution in [1.82, 2.24) is 15.5 Å². The van der Waals surface area contributed by atoms with E-state index in [0.29, 0.717) is 35.6 Å². The summed E-state index contributed by atoms with van der Waals surface area (Å²) in [6, 6.07) is 13.5. The Bertz CT molecular complexity index is 974. The highest BCUT2D eigenvalue weighted by Gasteiger charge is 2.12. The van der Waals surface area contributed by atoms with Gasteiger partial charge in [0.1, 0.15) is 0 Å². The number of amides is 1. The summed E-state index contributed by atoms with van der Waals surface area (Å²) in [6.45, 7) is 2.51.